The number of benzene rings is 1. The Morgan fingerprint density at radius 1 is 1.17 bits per heavy atom. The van der Waals surface area contributed by atoms with Gasteiger partial charge in [-0.2, -0.15) is 4.98 Å². The van der Waals surface area contributed by atoms with E-state index in [4.69, 9.17) is 0 Å². The highest BCUT2D eigenvalue weighted by atomic mass is 32.2. The molecule has 5 nitrogen and oxygen atoms in total. The van der Waals surface area contributed by atoms with Gasteiger partial charge in [0.05, 0.1) is 11.3 Å². The molecule has 23 heavy (non-hydrogen) atoms. The second kappa shape index (κ2) is 5.67. The zero-order valence-electron chi connectivity index (χ0n) is 12.3. The van der Waals surface area contributed by atoms with Crippen LogP contribution in [0.25, 0.3) is 0 Å². The van der Waals surface area contributed by atoms with Gasteiger partial charge in [0.25, 0.3) is 5.16 Å². The third kappa shape index (κ3) is 2.45. The van der Waals surface area contributed by atoms with E-state index in [0.29, 0.717) is 12.8 Å². The highest BCUT2D eigenvalue weighted by Gasteiger charge is 2.41. The van der Waals surface area contributed by atoms with Gasteiger partial charge in [-0.15, -0.1) is 5.10 Å². The molecular weight excluding hydrogens is 324 g/mol. The van der Waals surface area contributed by atoms with E-state index in [1.54, 1.807) is 0 Å². The molecule has 0 amide bonds. The average Bonchev–Trinajstić information content (AvgIpc) is 2.99. The molecule has 1 aromatic carbocycles. The van der Waals surface area contributed by atoms with Gasteiger partial charge >= 0.3 is 0 Å². The van der Waals surface area contributed by atoms with Crippen molar-refractivity contribution in [3.8, 4) is 0 Å². The maximum absolute atomic E-state index is 14.2. The van der Waals surface area contributed by atoms with Crippen LogP contribution in [0.4, 0.5) is 9.09 Å². The fourth-order valence-corrected chi connectivity index (χ4v) is 4.74. The zero-order valence-corrected chi connectivity index (χ0v) is 13.1. The van der Waals surface area contributed by atoms with Crippen molar-refractivity contribution in [1.29, 1.82) is 0 Å². The number of halogens is 2. The van der Waals surface area contributed by atoms with E-state index in [2.05, 4.69) is 10.1 Å². The van der Waals surface area contributed by atoms with Crippen molar-refractivity contribution in [2.24, 2.45) is 0 Å². The quantitative estimate of drug-likeness (QED) is 0.861. The Bertz CT molecular complexity index is 803. The van der Waals surface area contributed by atoms with Gasteiger partial charge in [-0.05, 0) is 18.4 Å². The minimum Gasteiger partial charge on any atom is -0.269 e. The first-order valence-electron chi connectivity index (χ1n) is 7.47. The molecule has 0 radical (unpaired) electrons. The number of rotatable bonds is 3. The van der Waals surface area contributed by atoms with Crippen LogP contribution in [0.3, 0.4) is 0 Å². The molecule has 2 atom stereocenters. The number of sulfone groups is 1. The van der Waals surface area contributed by atoms with Crippen molar-refractivity contribution in [2.45, 2.75) is 48.3 Å². The lowest BCUT2D eigenvalue weighted by Gasteiger charge is -2.23. The van der Waals surface area contributed by atoms with Crippen molar-refractivity contribution in [3.05, 3.63) is 41.7 Å². The van der Waals surface area contributed by atoms with Crippen molar-refractivity contribution in [1.82, 2.24) is 14.8 Å². The molecule has 2 aromatic rings. The molecule has 8 heteroatoms. The number of aromatic nitrogens is 3. The van der Waals surface area contributed by atoms with Gasteiger partial charge in [-0.3, -0.25) is 4.70 Å². The number of nitrogens with zero attached hydrogens (tertiary/aromatic N) is 3. The van der Waals surface area contributed by atoms with Crippen molar-refractivity contribution in [2.75, 3.05) is 0 Å². The Kier molecular flexibility index (Phi) is 3.95. The van der Waals surface area contributed by atoms with Crippen LogP contribution in [0, 0.1) is 0 Å². The predicted octanol–water partition coefficient (Wildman–Crippen LogP) is 2.76. The van der Waals surface area contributed by atoms with E-state index < -0.39 is 21.3 Å². The van der Waals surface area contributed by atoms with Crippen LogP contribution in [0.1, 0.15) is 49.3 Å². The van der Waals surface area contributed by atoms with Crippen LogP contribution in [0.15, 0.2) is 35.5 Å². The Morgan fingerprint density at radius 3 is 2.48 bits per heavy atom. The summed E-state index contributed by atoms with van der Waals surface area (Å²) >= 11 is 0. The van der Waals surface area contributed by atoms with Gasteiger partial charge in [-0.25, -0.2) is 17.5 Å². The third-order valence-electron chi connectivity index (χ3n) is 4.57. The summed E-state index contributed by atoms with van der Waals surface area (Å²) in [5, 5.41) is 3.54. The largest absolute Gasteiger partial charge is 0.269 e. The first-order valence-corrected chi connectivity index (χ1v) is 9.01. The van der Waals surface area contributed by atoms with Crippen LogP contribution in [-0.2, 0) is 9.84 Å². The summed E-state index contributed by atoms with van der Waals surface area (Å²) in [5.74, 6) is 0.131. The summed E-state index contributed by atoms with van der Waals surface area (Å²) in [7, 11) is -3.52. The maximum Gasteiger partial charge on any atom is 0.267 e. The smallest absolute Gasteiger partial charge is 0.267 e. The average molecular weight is 341 g/mol. The second-order valence-electron chi connectivity index (χ2n) is 5.92. The molecule has 124 valence electrons. The Balaban J connectivity index is 0.00000156. The first kappa shape index (κ1) is 16.0. The number of hydrogen-bond donors (Lipinski definition) is 0. The van der Waals surface area contributed by atoms with Crippen molar-refractivity contribution in [3.63, 3.8) is 0 Å². The lowest BCUT2D eigenvalue weighted by atomic mass is 10.0. The zero-order chi connectivity index (χ0) is 15.3. The molecule has 0 N–H and O–H groups in total. The maximum atomic E-state index is 14.2. The molecule has 4 rings (SSSR count). The van der Waals surface area contributed by atoms with Gasteiger partial charge in [0, 0.05) is 6.42 Å². The molecule has 1 aliphatic carbocycles. The van der Waals surface area contributed by atoms with Crippen LogP contribution >= 0.6 is 0 Å². The van der Waals surface area contributed by atoms with E-state index in [1.807, 2.05) is 30.3 Å². The second-order valence-corrected chi connectivity index (χ2v) is 8.05. The summed E-state index contributed by atoms with van der Waals surface area (Å²) in [6, 6.07) is 9.15. The Hall–Kier alpha value is -1.83. The van der Waals surface area contributed by atoms with Gasteiger partial charge in [0.15, 0.2) is 12.0 Å². The summed E-state index contributed by atoms with van der Waals surface area (Å²) in [6.07, 6.45) is 1.18. The molecule has 1 aromatic heterocycles. The topological polar surface area (TPSA) is 64.8 Å². The SMILES string of the molecule is F.O=S(=O)(c1nc2n(n1)[C@H](c1ccccc1)C[C@@H]2F)C1CCC1. The van der Waals surface area contributed by atoms with E-state index in [0.717, 1.165) is 12.0 Å². The Morgan fingerprint density at radius 2 is 1.87 bits per heavy atom. The van der Waals surface area contributed by atoms with E-state index in [1.165, 1.54) is 4.68 Å². The summed E-state index contributed by atoms with van der Waals surface area (Å²) in [5.41, 5.74) is 0.918. The normalized spacial score (nSPS) is 23.9. The minimum atomic E-state index is -3.52. The van der Waals surface area contributed by atoms with E-state index >= 15 is 0 Å². The molecule has 2 aliphatic rings. The lowest BCUT2D eigenvalue weighted by molar-refractivity contribution is 0.326. The molecule has 0 saturated heterocycles. The molecule has 1 fully saturated rings. The molecule has 1 saturated carbocycles. The summed E-state index contributed by atoms with van der Waals surface area (Å²) < 4.78 is 40.5. The first-order chi connectivity index (χ1) is 10.6. The number of fused-ring (bicyclic) bond motifs is 1. The number of hydrogen-bond acceptors (Lipinski definition) is 4. The fourth-order valence-electron chi connectivity index (χ4n) is 3.06. The molecule has 1 aliphatic heterocycles. The van der Waals surface area contributed by atoms with Crippen molar-refractivity contribution < 1.29 is 17.5 Å². The van der Waals surface area contributed by atoms with Gasteiger partial charge < -0.3 is 0 Å². The van der Waals surface area contributed by atoms with Crippen LogP contribution in [-0.4, -0.2) is 28.4 Å². The van der Waals surface area contributed by atoms with Crippen LogP contribution in [0.2, 0.25) is 0 Å². The van der Waals surface area contributed by atoms with E-state index in [9.17, 15) is 12.8 Å². The molecular formula is C15H17F2N3O2S. The van der Waals surface area contributed by atoms with E-state index in [-0.39, 0.29) is 28.1 Å². The molecule has 0 spiro atoms. The lowest BCUT2D eigenvalue weighted by Crippen LogP contribution is -2.29. The third-order valence-corrected chi connectivity index (χ3v) is 6.60. The summed E-state index contributed by atoms with van der Waals surface area (Å²) in [4.78, 5) is 4.01. The molecule has 2 heterocycles. The van der Waals surface area contributed by atoms with Crippen LogP contribution in [0.5, 0.6) is 0 Å². The fraction of sp³-hybridized carbons (Fsp3) is 0.467. The van der Waals surface area contributed by atoms with Gasteiger partial charge in [0.1, 0.15) is 0 Å². The highest BCUT2D eigenvalue weighted by Crippen LogP contribution is 2.40. The monoisotopic (exact) mass is 341 g/mol. The standard InChI is InChI=1S/C15H16FN3O2S.FH/c16-12-9-13(10-5-2-1-3-6-10)19-14(12)17-15(18-19)22(20,21)11-7-4-8-11;/h1-3,5-6,11-13H,4,7-9H2;1H/t12-,13-;/m0./s1. The molecule has 0 bridgehead atoms. The predicted molar refractivity (Wildman–Crippen MR) is 80.4 cm³/mol. The van der Waals surface area contributed by atoms with Crippen LogP contribution < -0.4 is 0 Å². The van der Waals surface area contributed by atoms with Crippen molar-refractivity contribution >= 4 is 9.84 Å². The highest BCUT2D eigenvalue weighted by molar-refractivity contribution is 7.91. The minimum absolute atomic E-state index is 0. The van der Waals surface area contributed by atoms with Gasteiger partial charge in [-0.1, -0.05) is 36.8 Å². The summed E-state index contributed by atoms with van der Waals surface area (Å²) in [6.45, 7) is 0. The molecule has 0 unspecified atom stereocenters. The number of alkyl halides is 1. The van der Waals surface area contributed by atoms with Gasteiger partial charge in [0.2, 0.25) is 9.84 Å². The Labute approximate surface area is 132 Å².